The second-order valence-electron chi connectivity index (χ2n) is 8.70. The van der Waals surface area contributed by atoms with Gasteiger partial charge in [-0.15, -0.1) is 0 Å². The summed E-state index contributed by atoms with van der Waals surface area (Å²) in [7, 11) is -3.29. The number of nitrogens with zero attached hydrogens (tertiary/aromatic N) is 2. The number of oxazole rings is 1. The highest BCUT2D eigenvalue weighted by Gasteiger charge is 2.38. The quantitative estimate of drug-likeness (QED) is 0.390. The Kier molecular flexibility index (Phi) is 9.81. The first kappa shape index (κ1) is 29.8. The van der Waals surface area contributed by atoms with Gasteiger partial charge in [0, 0.05) is 30.1 Å². The van der Waals surface area contributed by atoms with Gasteiger partial charge in [0.1, 0.15) is 5.76 Å². The fraction of sp³-hybridized carbons (Fsp3) is 0.360. The summed E-state index contributed by atoms with van der Waals surface area (Å²) in [5.41, 5.74) is 2.55. The molecular formula is C25H27F3N4O6S. The average molecular weight is 569 g/mol. The Morgan fingerprint density at radius 2 is 1.79 bits per heavy atom. The molecule has 0 unspecified atom stereocenters. The highest BCUT2D eigenvalue weighted by Crippen LogP contribution is 2.25. The van der Waals surface area contributed by atoms with Crippen LogP contribution in [0.4, 0.5) is 13.2 Å². The van der Waals surface area contributed by atoms with E-state index in [1.165, 1.54) is 0 Å². The third kappa shape index (κ3) is 8.61. The predicted octanol–water partition coefficient (Wildman–Crippen LogP) is 3.28. The Morgan fingerprint density at radius 1 is 1.15 bits per heavy atom. The fourth-order valence-electron chi connectivity index (χ4n) is 3.70. The Labute approximate surface area is 222 Å². The van der Waals surface area contributed by atoms with Gasteiger partial charge in [-0.25, -0.2) is 18.2 Å². The van der Waals surface area contributed by atoms with Crippen molar-refractivity contribution >= 4 is 21.7 Å². The number of carboxylic acids is 1. The molecule has 2 aromatic heterocycles. The number of sulfone groups is 1. The number of rotatable bonds is 7. The minimum absolute atomic E-state index is 0.123. The number of amides is 1. The van der Waals surface area contributed by atoms with E-state index < -0.39 is 22.0 Å². The van der Waals surface area contributed by atoms with Crippen molar-refractivity contribution in [2.75, 3.05) is 13.1 Å². The number of benzene rings is 1. The lowest BCUT2D eigenvalue weighted by Gasteiger charge is -2.22. The van der Waals surface area contributed by atoms with Gasteiger partial charge in [-0.3, -0.25) is 9.78 Å². The number of pyridine rings is 1. The molecule has 0 aliphatic carbocycles. The highest BCUT2D eigenvalue weighted by molar-refractivity contribution is 7.91. The molecule has 1 aliphatic heterocycles. The maximum Gasteiger partial charge on any atom is 0.490 e. The van der Waals surface area contributed by atoms with Gasteiger partial charge in [-0.2, -0.15) is 13.2 Å². The molecule has 3 heterocycles. The molecule has 1 aromatic carbocycles. The van der Waals surface area contributed by atoms with Crippen LogP contribution < -0.4 is 10.6 Å². The minimum atomic E-state index is -5.08. The van der Waals surface area contributed by atoms with Gasteiger partial charge in [0.2, 0.25) is 5.89 Å². The Morgan fingerprint density at radius 3 is 2.36 bits per heavy atom. The zero-order valence-corrected chi connectivity index (χ0v) is 21.7. The number of carbonyl (C=O) groups is 2. The van der Waals surface area contributed by atoms with Crippen molar-refractivity contribution in [3.05, 3.63) is 71.4 Å². The maximum atomic E-state index is 12.8. The Hall–Kier alpha value is -3.78. The number of carboxylic acid groups (broad SMARTS) is 1. The number of nitrogens with one attached hydrogen (secondary N) is 2. The van der Waals surface area contributed by atoms with Gasteiger partial charge in [0.15, 0.2) is 9.84 Å². The summed E-state index contributed by atoms with van der Waals surface area (Å²) in [6.45, 7) is 3.55. The number of hydrogen-bond donors (Lipinski definition) is 3. The molecule has 0 atom stereocenters. The molecule has 1 aliphatic rings. The molecule has 0 radical (unpaired) electrons. The number of piperidine rings is 1. The van der Waals surface area contributed by atoms with Crippen molar-refractivity contribution < 1.29 is 40.7 Å². The van der Waals surface area contributed by atoms with Crippen LogP contribution in [0.1, 0.15) is 40.2 Å². The third-order valence-electron chi connectivity index (χ3n) is 5.84. The minimum Gasteiger partial charge on any atom is -0.475 e. The number of aryl methyl sites for hydroxylation is 1. The van der Waals surface area contributed by atoms with Crippen LogP contribution in [0.2, 0.25) is 0 Å². The first-order valence-electron chi connectivity index (χ1n) is 11.8. The molecule has 0 saturated carbocycles. The topological polar surface area (TPSA) is 151 Å². The molecule has 1 amide bonds. The molecule has 3 N–H and O–H groups in total. The summed E-state index contributed by atoms with van der Waals surface area (Å²) >= 11 is 0. The van der Waals surface area contributed by atoms with Crippen LogP contribution in [-0.4, -0.2) is 59.9 Å². The maximum absolute atomic E-state index is 12.8. The number of aromatic nitrogens is 2. The molecule has 4 rings (SSSR count). The van der Waals surface area contributed by atoms with E-state index in [0.29, 0.717) is 47.9 Å². The van der Waals surface area contributed by atoms with E-state index in [0.717, 1.165) is 18.7 Å². The van der Waals surface area contributed by atoms with E-state index in [1.54, 1.807) is 43.6 Å². The second kappa shape index (κ2) is 12.8. The van der Waals surface area contributed by atoms with Crippen molar-refractivity contribution in [1.29, 1.82) is 0 Å². The van der Waals surface area contributed by atoms with Crippen molar-refractivity contribution in [3.8, 4) is 11.5 Å². The van der Waals surface area contributed by atoms with E-state index in [2.05, 4.69) is 20.6 Å². The molecule has 0 spiro atoms. The summed E-state index contributed by atoms with van der Waals surface area (Å²) in [6, 6.07) is 10.6. The molecule has 39 heavy (non-hydrogen) atoms. The Balaban J connectivity index is 0.000000532. The van der Waals surface area contributed by atoms with Crippen molar-refractivity contribution in [2.45, 2.75) is 43.5 Å². The SMILES string of the molecule is Cc1oc(-c2ccc(C(=O)NCc3cccnc3)cc2)nc1CS(=O)(=O)C1CCNCC1.O=C(O)C(F)(F)F. The first-order valence-corrected chi connectivity index (χ1v) is 13.5. The van der Waals surface area contributed by atoms with Gasteiger partial charge >= 0.3 is 12.1 Å². The van der Waals surface area contributed by atoms with Gasteiger partial charge < -0.3 is 20.2 Å². The summed E-state index contributed by atoms with van der Waals surface area (Å²) in [6.07, 6.45) is -0.452. The monoisotopic (exact) mass is 568 g/mol. The van der Waals surface area contributed by atoms with Crippen LogP contribution in [-0.2, 0) is 26.9 Å². The van der Waals surface area contributed by atoms with Crippen molar-refractivity contribution in [3.63, 3.8) is 0 Å². The lowest BCUT2D eigenvalue weighted by molar-refractivity contribution is -0.192. The number of hydrogen-bond acceptors (Lipinski definition) is 8. The molecule has 10 nitrogen and oxygen atoms in total. The van der Waals surface area contributed by atoms with E-state index in [1.807, 2.05) is 12.1 Å². The largest absolute Gasteiger partial charge is 0.490 e. The molecule has 14 heteroatoms. The molecule has 1 saturated heterocycles. The van der Waals surface area contributed by atoms with E-state index in [4.69, 9.17) is 14.3 Å². The zero-order valence-electron chi connectivity index (χ0n) is 20.9. The normalized spacial score (nSPS) is 14.3. The van der Waals surface area contributed by atoms with Crippen LogP contribution in [0.3, 0.4) is 0 Å². The molecule has 1 fully saturated rings. The average Bonchev–Trinajstić information content (AvgIpc) is 3.27. The number of aliphatic carboxylic acids is 1. The van der Waals surface area contributed by atoms with Crippen molar-refractivity contribution in [2.24, 2.45) is 0 Å². The van der Waals surface area contributed by atoms with Gasteiger partial charge in [-0.05, 0) is 68.8 Å². The van der Waals surface area contributed by atoms with Gasteiger partial charge in [-0.1, -0.05) is 6.07 Å². The smallest absolute Gasteiger partial charge is 0.475 e. The standard InChI is InChI=1S/C23H26N4O4S.C2HF3O2/c1-16-21(15-32(29,30)20-8-11-24-12-9-20)27-23(31-16)19-6-4-18(5-7-19)22(28)26-14-17-3-2-10-25-13-17;3-2(4,5)1(6)7/h2-7,10,13,20,24H,8-9,11-12,14-15H2,1H3,(H,26,28);(H,6,7). The highest BCUT2D eigenvalue weighted by atomic mass is 32.2. The fourth-order valence-corrected chi connectivity index (χ4v) is 5.54. The predicted molar refractivity (Wildman–Crippen MR) is 134 cm³/mol. The zero-order chi connectivity index (χ0) is 28.6. The van der Waals surface area contributed by atoms with E-state index >= 15 is 0 Å². The molecule has 3 aromatic rings. The van der Waals surface area contributed by atoms with Crippen molar-refractivity contribution in [1.82, 2.24) is 20.6 Å². The molecule has 210 valence electrons. The summed E-state index contributed by atoms with van der Waals surface area (Å²) < 4.78 is 63.0. The molecular weight excluding hydrogens is 541 g/mol. The summed E-state index contributed by atoms with van der Waals surface area (Å²) in [5.74, 6) is -2.23. The van der Waals surface area contributed by atoms with E-state index in [9.17, 15) is 26.4 Å². The van der Waals surface area contributed by atoms with Gasteiger partial charge in [0.25, 0.3) is 5.91 Å². The third-order valence-corrected chi connectivity index (χ3v) is 8.00. The summed E-state index contributed by atoms with van der Waals surface area (Å²) in [4.78, 5) is 29.8. The van der Waals surface area contributed by atoms with Crippen LogP contribution >= 0.6 is 0 Å². The number of halogens is 3. The van der Waals surface area contributed by atoms with Crippen LogP contribution in [0.15, 0.2) is 53.2 Å². The second-order valence-corrected chi connectivity index (χ2v) is 11.0. The first-order chi connectivity index (χ1) is 18.4. The van der Waals surface area contributed by atoms with Gasteiger partial charge in [0.05, 0.1) is 16.7 Å². The van der Waals surface area contributed by atoms with Crippen LogP contribution in [0.5, 0.6) is 0 Å². The number of alkyl halides is 3. The Bertz CT molecular complexity index is 1370. The lowest BCUT2D eigenvalue weighted by atomic mass is 10.1. The van der Waals surface area contributed by atoms with Crippen LogP contribution in [0.25, 0.3) is 11.5 Å². The van der Waals surface area contributed by atoms with Crippen LogP contribution in [0, 0.1) is 6.92 Å². The summed E-state index contributed by atoms with van der Waals surface area (Å²) in [5, 5.41) is 12.8. The van der Waals surface area contributed by atoms with E-state index in [-0.39, 0.29) is 16.9 Å². The lowest BCUT2D eigenvalue weighted by Crippen LogP contribution is -2.36. The number of carbonyl (C=O) groups excluding carboxylic acids is 1. The molecule has 0 bridgehead atoms.